The molecule has 0 radical (unpaired) electrons. The quantitative estimate of drug-likeness (QED) is 0.646. The Kier molecular flexibility index (Phi) is 5.31. The number of benzene rings is 1. The highest BCUT2D eigenvalue weighted by molar-refractivity contribution is 9.10. The zero-order valence-electron chi connectivity index (χ0n) is 12.6. The molecule has 1 aromatic rings. The molecule has 0 aliphatic carbocycles. The van der Waals surface area contributed by atoms with E-state index in [4.69, 9.17) is 0 Å². The van der Waals surface area contributed by atoms with Crippen LogP contribution in [0.15, 0.2) is 22.7 Å². The van der Waals surface area contributed by atoms with Crippen molar-refractivity contribution in [2.75, 3.05) is 38.5 Å². The number of carbonyl (C=O) groups is 3. The van der Waals surface area contributed by atoms with Crippen LogP contribution in [-0.2, 0) is 9.59 Å². The Bertz CT molecular complexity index is 610. The standard InChI is InChI=1S/C15H18BrN3O3/c1-10(20)17-13-4-3-11(16)9-12(13)14(21)15(22)19-7-5-18(2)6-8-19/h3-4,9H,5-8H2,1-2H3,(H,17,20). The first-order valence-electron chi connectivity index (χ1n) is 6.98. The van der Waals surface area contributed by atoms with Gasteiger partial charge in [0.1, 0.15) is 0 Å². The Labute approximate surface area is 137 Å². The summed E-state index contributed by atoms with van der Waals surface area (Å²) >= 11 is 3.29. The van der Waals surface area contributed by atoms with Crippen LogP contribution < -0.4 is 5.32 Å². The van der Waals surface area contributed by atoms with Gasteiger partial charge in [-0.3, -0.25) is 14.4 Å². The number of halogens is 1. The Morgan fingerprint density at radius 3 is 2.36 bits per heavy atom. The normalized spacial score (nSPS) is 15.5. The summed E-state index contributed by atoms with van der Waals surface area (Å²) in [4.78, 5) is 39.8. The SMILES string of the molecule is CC(=O)Nc1ccc(Br)cc1C(=O)C(=O)N1CCN(C)CC1. The molecule has 1 saturated heterocycles. The second-order valence-corrected chi connectivity index (χ2v) is 6.21. The number of ketones is 1. The third-order valence-corrected chi connectivity index (χ3v) is 4.01. The first kappa shape index (κ1) is 16.6. The lowest BCUT2D eigenvalue weighted by atomic mass is 10.1. The number of hydrogen-bond donors (Lipinski definition) is 1. The van der Waals surface area contributed by atoms with Crippen LogP contribution in [0.4, 0.5) is 5.69 Å². The fourth-order valence-corrected chi connectivity index (χ4v) is 2.63. The Hall–Kier alpha value is -1.73. The number of nitrogens with zero attached hydrogens (tertiary/aromatic N) is 2. The zero-order valence-corrected chi connectivity index (χ0v) is 14.1. The monoisotopic (exact) mass is 367 g/mol. The maximum absolute atomic E-state index is 12.5. The van der Waals surface area contributed by atoms with Crippen LogP contribution in [-0.4, -0.2) is 60.6 Å². The molecule has 0 aromatic heterocycles. The average molecular weight is 368 g/mol. The molecule has 0 unspecified atom stereocenters. The highest BCUT2D eigenvalue weighted by Crippen LogP contribution is 2.22. The number of anilines is 1. The largest absolute Gasteiger partial charge is 0.333 e. The van der Waals surface area contributed by atoms with Crippen LogP contribution in [0.25, 0.3) is 0 Å². The second-order valence-electron chi connectivity index (χ2n) is 5.30. The molecule has 1 aliphatic rings. The highest BCUT2D eigenvalue weighted by Gasteiger charge is 2.27. The highest BCUT2D eigenvalue weighted by atomic mass is 79.9. The van der Waals surface area contributed by atoms with Gasteiger partial charge in [0.2, 0.25) is 5.91 Å². The third kappa shape index (κ3) is 3.92. The van der Waals surface area contributed by atoms with Crippen molar-refractivity contribution < 1.29 is 14.4 Å². The van der Waals surface area contributed by atoms with E-state index in [0.29, 0.717) is 23.2 Å². The molecule has 2 amide bonds. The van der Waals surface area contributed by atoms with Gasteiger partial charge in [-0.1, -0.05) is 15.9 Å². The number of Topliss-reactive ketones (excluding diaryl/α,β-unsaturated/α-hetero) is 1. The van der Waals surface area contributed by atoms with Gasteiger partial charge in [-0.05, 0) is 25.2 Å². The summed E-state index contributed by atoms with van der Waals surface area (Å²) in [6.07, 6.45) is 0. The van der Waals surface area contributed by atoms with Crippen molar-refractivity contribution in [3.63, 3.8) is 0 Å². The number of rotatable bonds is 3. The molecule has 1 aliphatic heterocycles. The van der Waals surface area contributed by atoms with E-state index < -0.39 is 11.7 Å². The Morgan fingerprint density at radius 1 is 1.14 bits per heavy atom. The van der Waals surface area contributed by atoms with Crippen LogP contribution >= 0.6 is 15.9 Å². The smallest absolute Gasteiger partial charge is 0.295 e. The fourth-order valence-electron chi connectivity index (χ4n) is 2.27. The van der Waals surface area contributed by atoms with Gasteiger partial charge in [0, 0.05) is 37.6 Å². The first-order valence-corrected chi connectivity index (χ1v) is 7.77. The molecule has 2 rings (SSSR count). The molecule has 22 heavy (non-hydrogen) atoms. The lowest BCUT2D eigenvalue weighted by Gasteiger charge is -2.32. The topological polar surface area (TPSA) is 69.7 Å². The van der Waals surface area contributed by atoms with Crippen LogP contribution in [0.3, 0.4) is 0 Å². The van der Waals surface area contributed by atoms with E-state index in [2.05, 4.69) is 26.1 Å². The van der Waals surface area contributed by atoms with Gasteiger partial charge in [-0.15, -0.1) is 0 Å². The first-order chi connectivity index (χ1) is 10.4. The van der Waals surface area contributed by atoms with Crippen molar-refractivity contribution in [1.29, 1.82) is 0 Å². The number of hydrogen-bond acceptors (Lipinski definition) is 4. The summed E-state index contributed by atoms with van der Waals surface area (Å²) in [6, 6.07) is 4.87. The van der Waals surface area contributed by atoms with Gasteiger partial charge in [0.25, 0.3) is 11.7 Å². The summed E-state index contributed by atoms with van der Waals surface area (Å²) in [5, 5.41) is 2.59. The van der Waals surface area contributed by atoms with Gasteiger partial charge in [-0.2, -0.15) is 0 Å². The summed E-state index contributed by atoms with van der Waals surface area (Å²) in [5.74, 6) is -1.42. The van der Waals surface area contributed by atoms with E-state index in [9.17, 15) is 14.4 Å². The van der Waals surface area contributed by atoms with E-state index in [1.54, 1.807) is 23.1 Å². The zero-order chi connectivity index (χ0) is 16.3. The number of piperazine rings is 1. The molecular weight excluding hydrogens is 350 g/mol. The molecule has 6 nitrogen and oxygen atoms in total. The molecular formula is C15H18BrN3O3. The van der Waals surface area contributed by atoms with Gasteiger partial charge >= 0.3 is 0 Å². The van der Waals surface area contributed by atoms with Gasteiger partial charge in [0.05, 0.1) is 11.3 Å². The Morgan fingerprint density at radius 2 is 1.77 bits per heavy atom. The van der Waals surface area contributed by atoms with Gasteiger partial charge in [-0.25, -0.2) is 0 Å². The molecule has 0 bridgehead atoms. The number of likely N-dealkylation sites (N-methyl/N-ethyl adjacent to an activating group) is 1. The minimum Gasteiger partial charge on any atom is -0.333 e. The maximum atomic E-state index is 12.5. The van der Waals surface area contributed by atoms with Gasteiger partial charge in [0.15, 0.2) is 0 Å². The predicted octanol–water partition coefficient (Wildman–Crippen LogP) is 1.36. The van der Waals surface area contributed by atoms with Crippen molar-refractivity contribution in [2.45, 2.75) is 6.92 Å². The van der Waals surface area contributed by atoms with E-state index in [-0.39, 0.29) is 11.5 Å². The van der Waals surface area contributed by atoms with Crippen molar-refractivity contribution in [2.24, 2.45) is 0 Å². The minimum absolute atomic E-state index is 0.202. The van der Waals surface area contributed by atoms with Crippen LogP contribution in [0.2, 0.25) is 0 Å². The predicted molar refractivity (Wildman–Crippen MR) is 86.9 cm³/mol. The summed E-state index contributed by atoms with van der Waals surface area (Å²) in [5.41, 5.74) is 0.552. The molecule has 0 spiro atoms. The Balaban J connectivity index is 2.22. The van der Waals surface area contributed by atoms with Crippen LogP contribution in [0.5, 0.6) is 0 Å². The van der Waals surface area contributed by atoms with Crippen LogP contribution in [0, 0.1) is 0 Å². The van der Waals surface area contributed by atoms with E-state index >= 15 is 0 Å². The average Bonchev–Trinajstić information content (AvgIpc) is 2.48. The molecule has 7 heteroatoms. The summed E-state index contributed by atoms with van der Waals surface area (Å²) < 4.78 is 0.677. The molecule has 0 atom stereocenters. The van der Waals surface area contributed by atoms with Crippen LogP contribution in [0.1, 0.15) is 17.3 Å². The van der Waals surface area contributed by atoms with Crippen molar-refractivity contribution >= 4 is 39.2 Å². The molecule has 0 saturated carbocycles. The minimum atomic E-state index is -0.602. The maximum Gasteiger partial charge on any atom is 0.295 e. The fraction of sp³-hybridized carbons (Fsp3) is 0.400. The second kappa shape index (κ2) is 7.02. The molecule has 118 valence electrons. The van der Waals surface area contributed by atoms with Gasteiger partial charge < -0.3 is 15.1 Å². The van der Waals surface area contributed by atoms with E-state index in [1.807, 2.05) is 7.05 Å². The molecule has 1 heterocycles. The van der Waals surface area contributed by atoms with Crippen molar-refractivity contribution in [1.82, 2.24) is 9.80 Å². The van der Waals surface area contributed by atoms with Crippen molar-refractivity contribution in [3.8, 4) is 0 Å². The molecule has 1 fully saturated rings. The van der Waals surface area contributed by atoms with E-state index in [0.717, 1.165) is 13.1 Å². The third-order valence-electron chi connectivity index (χ3n) is 3.52. The van der Waals surface area contributed by atoms with E-state index in [1.165, 1.54) is 6.92 Å². The molecule has 1 N–H and O–H groups in total. The lowest BCUT2D eigenvalue weighted by Crippen LogP contribution is -2.49. The lowest BCUT2D eigenvalue weighted by molar-refractivity contribution is -0.128. The molecule has 1 aromatic carbocycles. The number of nitrogens with one attached hydrogen (secondary N) is 1. The summed E-state index contributed by atoms with van der Waals surface area (Å²) in [7, 11) is 1.98. The summed E-state index contributed by atoms with van der Waals surface area (Å²) in [6.45, 7) is 3.92. The van der Waals surface area contributed by atoms with Crippen molar-refractivity contribution in [3.05, 3.63) is 28.2 Å². The number of carbonyl (C=O) groups excluding carboxylic acids is 3. The number of amides is 2.